The number of esters is 1. The van der Waals surface area contributed by atoms with E-state index in [0.29, 0.717) is 6.61 Å². The summed E-state index contributed by atoms with van der Waals surface area (Å²) in [7, 11) is -5.73. The van der Waals surface area contributed by atoms with Gasteiger partial charge in [0.05, 0.1) is 13.0 Å². The lowest BCUT2D eigenvalue weighted by Crippen LogP contribution is -2.40. The molecular formula is C8H10F3NO6S. The van der Waals surface area contributed by atoms with Crippen molar-refractivity contribution < 1.29 is 40.7 Å². The van der Waals surface area contributed by atoms with Gasteiger partial charge in [-0.3, -0.25) is 9.59 Å². The normalized spacial score (nSPS) is 18.8. The summed E-state index contributed by atoms with van der Waals surface area (Å²) in [5.74, 6) is -2.26. The largest absolute Gasteiger partial charge is 0.516 e. The topological polar surface area (TPSA) is 102 Å². The molecule has 0 aromatic carbocycles. The Balaban J connectivity index is 2.29. The highest BCUT2D eigenvalue weighted by molar-refractivity contribution is 7.90. The van der Waals surface area contributed by atoms with Crippen LogP contribution in [0.15, 0.2) is 0 Å². The van der Waals surface area contributed by atoms with Crippen LogP contribution in [0.4, 0.5) is 13.2 Å². The van der Waals surface area contributed by atoms with Gasteiger partial charge in [-0.1, -0.05) is 0 Å². The van der Waals surface area contributed by atoms with Crippen LogP contribution in [0.2, 0.25) is 0 Å². The SMILES string of the molecule is O=C(CCC(=O)OCC1CO1)NS(=O)(=O)C(F)(F)F. The maximum atomic E-state index is 11.9. The van der Waals surface area contributed by atoms with E-state index in [2.05, 4.69) is 4.74 Å². The molecule has 1 aliphatic heterocycles. The Kier molecular flexibility index (Phi) is 4.74. The fourth-order valence-electron chi connectivity index (χ4n) is 0.897. The van der Waals surface area contributed by atoms with Gasteiger partial charge in [0.25, 0.3) is 0 Å². The first kappa shape index (κ1) is 15.7. The zero-order valence-corrected chi connectivity index (χ0v) is 10.2. The van der Waals surface area contributed by atoms with Crippen LogP contribution in [0.5, 0.6) is 0 Å². The van der Waals surface area contributed by atoms with Crippen LogP contribution in [-0.2, 0) is 29.1 Å². The molecule has 1 atom stereocenters. The van der Waals surface area contributed by atoms with Gasteiger partial charge in [0.15, 0.2) is 0 Å². The molecule has 1 saturated heterocycles. The molecule has 0 bridgehead atoms. The van der Waals surface area contributed by atoms with E-state index < -0.39 is 40.2 Å². The van der Waals surface area contributed by atoms with E-state index in [1.165, 1.54) is 0 Å². The molecule has 1 fully saturated rings. The number of carbonyl (C=O) groups excluding carboxylic acids is 2. The fraction of sp³-hybridized carbons (Fsp3) is 0.750. The van der Waals surface area contributed by atoms with E-state index in [0.717, 1.165) is 4.72 Å². The standard InChI is InChI=1S/C8H10F3NO6S/c9-8(10,11)19(15,16)12-6(13)1-2-7(14)18-4-5-3-17-5/h5H,1-4H2,(H,12,13). The Hall–Kier alpha value is -1.36. The van der Waals surface area contributed by atoms with Gasteiger partial charge in [0.2, 0.25) is 5.91 Å². The number of carbonyl (C=O) groups is 2. The van der Waals surface area contributed by atoms with Crippen LogP contribution in [0.3, 0.4) is 0 Å². The Labute approximate surface area is 106 Å². The number of sulfonamides is 1. The maximum Gasteiger partial charge on any atom is 0.516 e. The zero-order chi connectivity index (χ0) is 14.7. The highest BCUT2D eigenvalue weighted by Gasteiger charge is 2.46. The summed E-state index contributed by atoms with van der Waals surface area (Å²) in [6.45, 7) is 0.457. The Bertz CT molecular complexity index is 456. The first-order chi connectivity index (χ1) is 8.62. The first-order valence-corrected chi connectivity index (χ1v) is 6.49. The van der Waals surface area contributed by atoms with Crippen molar-refractivity contribution in [1.82, 2.24) is 4.72 Å². The van der Waals surface area contributed by atoms with Crippen LogP contribution in [-0.4, -0.2) is 45.1 Å². The summed E-state index contributed by atoms with van der Waals surface area (Å²) in [4.78, 5) is 22.0. The molecule has 0 aromatic heterocycles. The van der Waals surface area contributed by atoms with Crippen molar-refractivity contribution in [3.63, 3.8) is 0 Å². The van der Waals surface area contributed by atoms with E-state index in [9.17, 15) is 31.2 Å². The molecule has 1 heterocycles. The van der Waals surface area contributed by atoms with Crippen LogP contribution < -0.4 is 4.72 Å². The predicted octanol–water partition coefficient (Wildman–Crippen LogP) is -0.326. The number of nitrogens with one attached hydrogen (secondary N) is 1. The van der Waals surface area contributed by atoms with E-state index in [-0.39, 0.29) is 12.7 Å². The average Bonchev–Trinajstić information content (AvgIpc) is 3.05. The van der Waals surface area contributed by atoms with E-state index >= 15 is 0 Å². The van der Waals surface area contributed by atoms with Gasteiger partial charge in [-0.15, -0.1) is 0 Å². The predicted molar refractivity (Wildman–Crippen MR) is 53.1 cm³/mol. The summed E-state index contributed by atoms with van der Waals surface area (Å²) in [5, 5.41) is 0. The number of halogens is 3. The summed E-state index contributed by atoms with van der Waals surface area (Å²) in [6.07, 6.45) is -1.42. The van der Waals surface area contributed by atoms with Gasteiger partial charge in [0, 0.05) is 6.42 Å². The molecule has 0 radical (unpaired) electrons. The quantitative estimate of drug-likeness (QED) is 0.533. The number of hydrogen-bond acceptors (Lipinski definition) is 6. The number of ether oxygens (including phenoxy) is 2. The minimum atomic E-state index is -5.73. The fourth-order valence-corrected chi connectivity index (χ4v) is 1.41. The molecule has 1 unspecified atom stereocenters. The molecule has 1 aliphatic rings. The minimum Gasteiger partial charge on any atom is -0.463 e. The molecule has 1 N–H and O–H groups in total. The molecule has 0 spiro atoms. The van der Waals surface area contributed by atoms with E-state index in [1.54, 1.807) is 0 Å². The minimum absolute atomic E-state index is 0.00129. The molecule has 19 heavy (non-hydrogen) atoms. The molecule has 11 heteroatoms. The monoisotopic (exact) mass is 305 g/mol. The number of alkyl halides is 3. The molecule has 0 aromatic rings. The second kappa shape index (κ2) is 5.74. The molecule has 7 nitrogen and oxygen atoms in total. The molecule has 1 rings (SSSR count). The van der Waals surface area contributed by atoms with Crippen LogP contribution in [0.25, 0.3) is 0 Å². The van der Waals surface area contributed by atoms with Gasteiger partial charge in [-0.05, 0) is 0 Å². The van der Waals surface area contributed by atoms with Crippen molar-refractivity contribution in [2.75, 3.05) is 13.2 Å². The third-order valence-corrected chi connectivity index (χ3v) is 3.05. The average molecular weight is 305 g/mol. The maximum absolute atomic E-state index is 11.9. The van der Waals surface area contributed by atoms with Gasteiger partial charge in [0.1, 0.15) is 12.7 Å². The smallest absolute Gasteiger partial charge is 0.463 e. The Morgan fingerprint density at radius 2 is 1.89 bits per heavy atom. The summed E-state index contributed by atoms with van der Waals surface area (Å²) in [6, 6.07) is 0. The summed E-state index contributed by atoms with van der Waals surface area (Å²) in [5.41, 5.74) is -5.58. The van der Waals surface area contributed by atoms with Crippen LogP contribution >= 0.6 is 0 Å². The third-order valence-electron chi connectivity index (χ3n) is 1.94. The molecule has 0 aliphatic carbocycles. The molecular weight excluding hydrogens is 295 g/mol. The highest BCUT2D eigenvalue weighted by atomic mass is 32.2. The zero-order valence-electron chi connectivity index (χ0n) is 9.40. The van der Waals surface area contributed by atoms with Crippen molar-refractivity contribution in [2.24, 2.45) is 0 Å². The molecule has 1 amide bonds. The number of epoxide rings is 1. The Morgan fingerprint density at radius 1 is 1.32 bits per heavy atom. The molecule has 0 saturated carbocycles. The lowest BCUT2D eigenvalue weighted by molar-refractivity contribution is -0.145. The van der Waals surface area contributed by atoms with Gasteiger partial charge in [-0.25, -0.2) is 4.72 Å². The second-order valence-electron chi connectivity index (χ2n) is 3.61. The number of amides is 1. The second-order valence-corrected chi connectivity index (χ2v) is 5.29. The summed E-state index contributed by atoms with van der Waals surface area (Å²) >= 11 is 0. The van der Waals surface area contributed by atoms with E-state index in [4.69, 9.17) is 4.74 Å². The third kappa shape index (κ3) is 5.42. The first-order valence-electron chi connectivity index (χ1n) is 5.01. The lowest BCUT2D eigenvalue weighted by atomic mass is 10.3. The van der Waals surface area contributed by atoms with Crippen LogP contribution in [0.1, 0.15) is 12.8 Å². The van der Waals surface area contributed by atoms with Gasteiger partial charge < -0.3 is 9.47 Å². The van der Waals surface area contributed by atoms with Crippen molar-refractivity contribution in [1.29, 1.82) is 0 Å². The van der Waals surface area contributed by atoms with Gasteiger partial charge in [-0.2, -0.15) is 21.6 Å². The lowest BCUT2D eigenvalue weighted by Gasteiger charge is -2.09. The van der Waals surface area contributed by atoms with Crippen molar-refractivity contribution in [3.05, 3.63) is 0 Å². The van der Waals surface area contributed by atoms with Crippen molar-refractivity contribution >= 4 is 21.9 Å². The number of rotatable bonds is 6. The van der Waals surface area contributed by atoms with Crippen LogP contribution in [0, 0.1) is 0 Å². The van der Waals surface area contributed by atoms with E-state index in [1.807, 2.05) is 0 Å². The number of hydrogen-bond donors (Lipinski definition) is 1. The van der Waals surface area contributed by atoms with Crippen molar-refractivity contribution in [3.8, 4) is 0 Å². The Morgan fingerprint density at radius 3 is 2.37 bits per heavy atom. The van der Waals surface area contributed by atoms with Gasteiger partial charge >= 0.3 is 21.5 Å². The highest BCUT2D eigenvalue weighted by Crippen LogP contribution is 2.21. The summed E-state index contributed by atoms with van der Waals surface area (Å²) < 4.78 is 66.9. The van der Waals surface area contributed by atoms with Crippen molar-refractivity contribution in [2.45, 2.75) is 24.5 Å². The molecule has 110 valence electrons.